The summed E-state index contributed by atoms with van der Waals surface area (Å²) in [6.45, 7) is 0.518. The minimum absolute atomic E-state index is 0.0307. The van der Waals surface area contributed by atoms with Crippen LogP contribution in [0.5, 0.6) is 0 Å². The fraction of sp³-hybridized carbons (Fsp3) is 0.385. The molecule has 1 N–H and O–H groups in total. The molecule has 6 heteroatoms. The van der Waals surface area contributed by atoms with E-state index in [2.05, 4.69) is 21.2 Å². The van der Waals surface area contributed by atoms with Crippen LogP contribution >= 0.6 is 15.9 Å². The molecule has 0 saturated carbocycles. The topological polar surface area (TPSA) is 56.0 Å². The summed E-state index contributed by atoms with van der Waals surface area (Å²) < 4.78 is 4.35. The van der Waals surface area contributed by atoms with E-state index in [-0.39, 0.29) is 17.6 Å². The Morgan fingerprint density at radius 2 is 2.16 bits per heavy atom. The zero-order chi connectivity index (χ0) is 13.6. The van der Waals surface area contributed by atoms with Crippen molar-refractivity contribution in [2.24, 2.45) is 7.05 Å². The van der Waals surface area contributed by atoms with Gasteiger partial charge in [-0.25, -0.2) is 4.79 Å². The Kier molecular flexibility index (Phi) is 2.97. The lowest BCUT2D eigenvalue weighted by molar-refractivity contribution is -0.122. The van der Waals surface area contributed by atoms with Crippen molar-refractivity contribution >= 4 is 32.9 Å². The van der Waals surface area contributed by atoms with E-state index in [9.17, 15) is 9.59 Å². The first-order chi connectivity index (χ1) is 9.09. The number of benzene rings is 1. The summed E-state index contributed by atoms with van der Waals surface area (Å²) >= 11 is 3.49. The van der Waals surface area contributed by atoms with Gasteiger partial charge in [-0.3, -0.25) is 13.9 Å². The molecule has 0 aliphatic carbocycles. The van der Waals surface area contributed by atoms with E-state index in [1.165, 1.54) is 0 Å². The molecule has 0 spiro atoms. The Labute approximate surface area is 118 Å². The van der Waals surface area contributed by atoms with E-state index in [4.69, 9.17) is 0 Å². The maximum Gasteiger partial charge on any atom is 0.329 e. The van der Waals surface area contributed by atoms with Crippen LogP contribution in [-0.4, -0.2) is 21.6 Å². The first-order valence-electron chi connectivity index (χ1n) is 6.21. The molecule has 1 fully saturated rings. The number of hydrogen-bond donors (Lipinski definition) is 1. The molecule has 1 unspecified atom stereocenters. The third kappa shape index (κ3) is 1.90. The van der Waals surface area contributed by atoms with E-state index >= 15 is 0 Å². The number of piperidine rings is 1. The number of carbonyl (C=O) groups is 1. The average molecular weight is 324 g/mol. The molecule has 1 aromatic carbocycles. The number of amides is 1. The highest BCUT2D eigenvalue weighted by molar-refractivity contribution is 9.10. The molecular weight excluding hydrogens is 310 g/mol. The molecule has 3 rings (SSSR count). The van der Waals surface area contributed by atoms with Crippen LogP contribution in [-0.2, 0) is 11.8 Å². The predicted octanol–water partition coefficient (Wildman–Crippen LogP) is 1.55. The number of nitrogens with zero attached hydrogens (tertiary/aromatic N) is 2. The molecule has 1 atom stereocenters. The molecule has 0 bridgehead atoms. The van der Waals surface area contributed by atoms with Gasteiger partial charge in [0.15, 0.2) is 0 Å². The van der Waals surface area contributed by atoms with Crippen molar-refractivity contribution in [3.05, 3.63) is 33.2 Å². The van der Waals surface area contributed by atoms with Crippen molar-refractivity contribution in [2.45, 2.75) is 18.9 Å². The monoisotopic (exact) mass is 323 g/mol. The molecule has 1 aromatic heterocycles. The van der Waals surface area contributed by atoms with Crippen molar-refractivity contribution in [2.75, 3.05) is 6.54 Å². The Morgan fingerprint density at radius 3 is 2.84 bits per heavy atom. The summed E-state index contributed by atoms with van der Waals surface area (Å²) in [6, 6.07) is 5.82. The highest BCUT2D eigenvalue weighted by Crippen LogP contribution is 2.26. The summed E-state index contributed by atoms with van der Waals surface area (Å²) in [5, 5.41) is 2.83. The Bertz CT molecular complexity index is 706. The van der Waals surface area contributed by atoms with Crippen LogP contribution in [0.1, 0.15) is 18.9 Å². The van der Waals surface area contributed by atoms with Gasteiger partial charge in [-0.1, -0.05) is 6.07 Å². The molecule has 1 aliphatic heterocycles. The molecule has 19 heavy (non-hydrogen) atoms. The molecular formula is C13H14BrN3O2. The number of fused-ring (bicyclic) bond motifs is 1. The lowest BCUT2D eigenvalue weighted by Gasteiger charge is -2.23. The van der Waals surface area contributed by atoms with Gasteiger partial charge < -0.3 is 5.32 Å². The second-order valence-electron chi connectivity index (χ2n) is 4.82. The van der Waals surface area contributed by atoms with Gasteiger partial charge in [-0.2, -0.15) is 0 Å². The van der Waals surface area contributed by atoms with Gasteiger partial charge in [-0.15, -0.1) is 0 Å². The molecule has 100 valence electrons. The summed E-state index contributed by atoms with van der Waals surface area (Å²) in [5.41, 5.74) is 1.76. The SMILES string of the molecule is Cn1c(=O)n(C2CCC(=O)NC2)c2cccc(Br)c21. The first kappa shape index (κ1) is 12.5. The maximum atomic E-state index is 12.4. The zero-order valence-corrected chi connectivity index (χ0v) is 12.1. The standard InChI is InChI=1S/C13H14BrN3O2/c1-16-12-9(14)3-2-4-10(12)17(13(16)19)8-5-6-11(18)15-7-8/h2-4,8H,5-7H2,1H3,(H,15,18). The van der Waals surface area contributed by atoms with Gasteiger partial charge in [0.05, 0.1) is 17.1 Å². The number of nitrogens with one attached hydrogen (secondary N) is 1. The summed E-state index contributed by atoms with van der Waals surface area (Å²) in [4.78, 5) is 23.7. The number of halogens is 1. The number of imidazole rings is 1. The molecule has 1 saturated heterocycles. The smallest absolute Gasteiger partial charge is 0.329 e. The van der Waals surface area contributed by atoms with Crippen LogP contribution < -0.4 is 11.0 Å². The van der Waals surface area contributed by atoms with Crippen molar-refractivity contribution in [1.29, 1.82) is 0 Å². The third-order valence-electron chi connectivity index (χ3n) is 3.66. The average Bonchev–Trinajstić information content (AvgIpc) is 2.65. The summed E-state index contributed by atoms with van der Waals surface area (Å²) in [5.74, 6) is 0.0608. The van der Waals surface area contributed by atoms with Crippen LogP contribution in [0.2, 0.25) is 0 Å². The van der Waals surface area contributed by atoms with Gasteiger partial charge in [0.2, 0.25) is 5.91 Å². The van der Waals surface area contributed by atoms with E-state index in [1.807, 2.05) is 18.2 Å². The first-order valence-corrected chi connectivity index (χ1v) is 7.01. The van der Waals surface area contributed by atoms with Gasteiger partial charge in [0.25, 0.3) is 0 Å². The normalized spacial score (nSPS) is 19.7. The van der Waals surface area contributed by atoms with Gasteiger partial charge in [0.1, 0.15) is 0 Å². The second-order valence-corrected chi connectivity index (χ2v) is 5.67. The van der Waals surface area contributed by atoms with Crippen molar-refractivity contribution in [3.63, 3.8) is 0 Å². The van der Waals surface area contributed by atoms with Crippen LogP contribution in [0.3, 0.4) is 0 Å². The van der Waals surface area contributed by atoms with Crippen molar-refractivity contribution in [3.8, 4) is 0 Å². The second kappa shape index (κ2) is 4.52. The van der Waals surface area contributed by atoms with Crippen LogP contribution in [0, 0.1) is 0 Å². The minimum Gasteiger partial charge on any atom is -0.354 e. The molecule has 2 aromatic rings. The highest BCUT2D eigenvalue weighted by atomic mass is 79.9. The number of aromatic nitrogens is 2. The Hall–Kier alpha value is -1.56. The molecule has 5 nitrogen and oxygen atoms in total. The Balaban J connectivity index is 2.19. The molecule has 0 radical (unpaired) electrons. The fourth-order valence-electron chi connectivity index (χ4n) is 2.68. The zero-order valence-electron chi connectivity index (χ0n) is 10.5. The van der Waals surface area contributed by atoms with E-state index < -0.39 is 0 Å². The quantitative estimate of drug-likeness (QED) is 0.865. The summed E-state index contributed by atoms with van der Waals surface area (Å²) in [7, 11) is 1.77. The number of rotatable bonds is 1. The fourth-order valence-corrected chi connectivity index (χ4v) is 3.31. The van der Waals surface area contributed by atoms with Crippen LogP contribution in [0.15, 0.2) is 27.5 Å². The molecule has 1 amide bonds. The lowest BCUT2D eigenvalue weighted by atomic mass is 10.1. The van der Waals surface area contributed by atoms with Crippen LogP contribution in [0.25, 0.3) is 11.0 Å². The van der Waals surface area contributed by atoms with Gasteiger partial charge >= 0.3 is 5.69 Å². The van der Waals surface area contributed by atoms with E-state index in [0.717, 1.165) is 15.5 Å². The third-order valence-corrected chi connectivity index (χ3v) is 4.30. The lowest BCUT2D eigenvalue weighted by Crippen LogP contribution is -2.39. The number of para-hydroxylation sites is 1. The van der Waals surface area contributed by atoms with E-state index in [0.29, 0.717) is 19.4 Å². The molecule has 1 aliphatic rings. The van der Waals surface area contributed by atoms with Gasteiger partial charge in [0, 0.05) is 24.5 Å². The highest BCUT2D eigenvalue weighted by Gasteiger charge is 2.24. The largest absolute Gasteiger partial charge is 0.354 e. The number of carbonyl (C=O) groups excluding carboxylic acids is 1. The van der Waals surface area contributed by atoms with Crippen LogP contribution in [0.4, 0.5) is 0 Å². The number of aryl methyl sites for hydroxylation is 1. The van der Waals surface area contributed by atoms with Gasteiger partial charge in [-0.05, 0) is 34.5 Å². The Morgan fingerprint density at radius 1 is 1.37 bits per heavy atom. The van der Waals surface area contributed by atoms with E-state index in [1.54, 1.807) is 16.2 Å². The van der Waals surface area contributed by atoms with Crippen molar-refractivity contribution < 1.29 is 4.79 Å². The molecule has 2 heterocycles. The minimum atomic E-state index is -0.0388. The predicted molar refractivity (Wildman–Crippen MR) is 76.2 cm³/mol. The number of hydrogen-bond acceptors (Lipinski definition) is 2. The summed E-state index contributed by atoms with van der Waals surface area (Å²) in [6.07, 6.45) is 1.18. The maximum absolute atomic E-state index is 12.4. The van der Waals surface area contributed by atoms with Crippen molar-refractivity contribution in [1.82, 2.24) is 14.5 Å².